The fourth-order valence-corrected chi connectivity index (χ4v) is 18.8. The maximum atomic E-state index is 17.1. The predicted octanol–water partition coefficient (Wildman–Crippen LogP) is 16.3. The topological polar surface area (TPSA) is 61.3 Å². The van der Waals surface area contributed by atoms with Crippen LogP contribution in [-0.4, -0.2) is 38.6 Å². The van der Waals surface area contributed by atoms with Gasteiger partial charge in [-0.15, -0.1) is 68.0 Å². The van der Waals surface area contributed by atoms with Crippen LogP contribution in [0.1, 0.15) is 58.2 Å². The molecule has 3 aliphatic heterocycles. The third-order valence-corrected chi connectivity index (χ3v) is 22.5. The number of benzene rings is 2. The number of hydrogen-bond acceptors (Lipinski definition) is 15. The molecule has 0 atom stereocenters. The van der Waals surface area contributed by atoms with Gasteiger partial charge in [0.05, 0.1) is 109 Å². The Bertz CT molecular complexity index is 3780. The van der Waals surface area contributed by atoms with Crippen LogP contribution in [-0.2, 0) is 16.6 Å². The average molecular weight is 1040 g/mol. The van der Waals surface area contributed by atoms with E-state index in [4.69, 9.17) is 0 Å². The quantitative estimate of drug-likeness (QED) is 0.163. The van der Waals surface area contributed by atoms with Crippen molar-refractivity contribution in [2.75, 3.05) is 35.8 Å². The van der Waals surface area contributed by atoms with Gasteiger partial charge in [-0.2, -0.15) is 17.5 Å². The zero-order valence-corrected chi connectivity index (χ0v) is 43.6. The monoisotopic (exact) mass is 1040 g/mol. The summed E-state index contributed by atoms with van der Waals surface area (Å²) >= 11 is 10.7. The van der Waals surface area contributed by atoms with E-state index in [1.807, 2.05) is 38.4 Å². The Morgan fingerprint density at radius 2 is 0.746 bits per heavy atom. The lowest BCUT2D eigenvalue weighted by Crippen LogP contribution is -2.40. The summed E-state index contributed by atoms with van der Waals surface area (Å²) in [6.07, 6.45) is 0. The Kier molecular flexibility index (Phi) is 8.89. The van der Waals surface area contributed by atoms with Crippen molar-refractivity contribution in [3.63, 3.8) is 0 Å². The van der Waals surface area contributed by atoms with Gasteiger partial charge in [-0.05, 0) is 105 Å². The number of halogens is 4. The molecule has 11 heterocycles. The summed E-state index contributed by atoms with van der Waals surface area (Å²) in [5.74, 6) is -3.92. The zero-order chi connectivity index (χ0) is 46.5. The first-order valence-electron chi connectivity index (χ1n) is 21.1. The third kappa shape index (κ3) is 5.45. The number of hydrogen-bond donors (Lipinski definition) is 0. The maximum absolute atomic E-state index is 17.1. The van der Waals surface area contributed by atoms with Crippen molar-refractivity contribution in [2.24, 2.45) is 0 Å². The van der Waals surface area contributed by atoms with Gasteiger partial charge in [0.2, 0.25) is 0 Å². The molecule has 0 bridgehead atoms. The molecule has 10 aromatic rings. The van der Waals surface area contributed by atoms with Crippen LogP contribution in [0.2, 0.25) is 0 Å². The summed E-state index contributed by atoms with van der Waals surface area (Å²) in [4.78, 5) is 14.7. The molecule has 0 unspecified atom stereocenters. The minimum atomic E-state index is -0.990. The van der Waals surface area contributed by atoms with Gasteiger partial charge in [-0.1, -0.05) is 0 Å². The number of rotatable bonds is 4. The molecular formula is C48H35F4N7S8. The molecule has 7 nitrogen and oxygen atoms in total. The smallest absolute Gasteiger partial charge is 0.170 e. The van der Waals surface area contributed by atoms with Crippen molar-refractivity contribution in [3.8, 4) is 71.0 Å². The van der Waals surface area contributed by atoms with Crippen molar-refractivity contribution in [1.82, 2.24) is 17.5 Å². The van der Waals surface area contributed by atoms with Crippen LogP contribution in [0, 0.1) is 23.3 Å². The van der Waals surface area contributed by atoms with Gasteiger partial charge >= 0.3 is 0 Å². The van der Waals surface area contributed by atoms with Crippen LogP contribution in [0.3, 0.4) is 0 Å². The van der Waals surface area contributed by atoms with Gasteiger partial charge in [0, 0.05) is 40.7 Å². The van der Waals surface area contributed by atoms with Crippen LogP contribution >= 0.6 is 91.5 Å². The maximum Gasteiger partial charge on any atom is 0.170 e. The second-order valence-corrected chi connectivity index (χ2v) is 25.8. The Labute approximate surface area is 414 Å². The second-order valence-electron chi connectivity index (χ2n) is 18.7. The van der Waals surface area contributed by atoms with E-state index in [1.165, 1.54) is 50.9 Å². The van der Waals surface area contributed by atoms with E-state index < -0.39 is 28.8 Å². The minimum Gasteiger partial charge on any atom is -0.364 e. The lowest BCUT2D eigenvalue weighted by atomic mass is 9.88. The Hall–Kier alpha value is -4.60. The van der Waals surface area contributed by atoms with Gasteiger partial charge in [0.15, 0.2) is 23.3 Å². The van der Waals surface area contributed by atoms with E-state index in [-0.39, 0.29) is 33.3 Å². The summed E-state index contributed by atoms with van der Waals surface area (Å²) in [7, 11) is 6.06. The van der Waals surface area contributed by atoms with Gasteiger partial charge in [0.25, 0.3) is 0 Å². The summed E-state index contributed by atoms with van der Waals surface area (Å²) in [5, 5.41) is 4.14. The molecule has 19 heteroatoms. The molecule has 0 saturated carbocycles. The molecule has 338 valence electrons. The summed E-state index contributed by atoms with van der Waals surface area (Å²) in [6, 6.07) is 12.0. The summed E-state index contributed by atoms with van der Waals surface area (Å²) < 4.78 is 86.5. The molecule has 0 aliphatic carbocycles. The molecule has 2 aromatic carbocycles. The lowest BCUT2D eigenvalue weighted by Gasteiger charge is -2.41. The highest BCUT2D eigenvalue weighted by molar-refractivity contribution is 7.26. The van der Waals surface area contributed by atoms with Gasteiger partial charge in [0.1, 0.15) is 22.1 Å². The number of thiophene rings is 6. The molecule has 0 fully saturated rings. The van der Waals surface area contributed by atoms with Crippen molar-refractivity contribution >= 4 is 131 Å². The van der Waals surface area contributed by atoms with Crippen LogP contribution in [0.5, 0.6) is 0 Å². The van der Waals surface area contributed by atoms with Crippen molar-refractivity contribution < 1.29 is 17.6 Å². The first-order chi connectivity index (χ1) is 31.9. The van der Waals surface area contributed by atoms with E-state index in [2.05, 4.69) is 104 Å². The summed E-state index contributed by atoms with van der Waals surface area (Å²) in [5.41, 5.74) is 6.25. The number of fused-ring (bicyclic) bond motifs is 11. The molecule has 13 rings (SSSR count). The van der Waals surface area contributed by atoms with Crippen molar-refractivity contribution in [3.05, 3.63) is 87.1 Å². The molecule has 0 spiro atoms. The predicted molar refractivity (Wildman–Crippen MR) is 278 cm³/mol. The van der Waals surface area contributed by atoms with Gasteiger partial charge in [-0.3, -0.25) is 0 Å². The molecule has 0 saturated heterocycles. The number of aromatic nitrogens is 4. The average Bonchev–Trinajstić information content (AvgIpc) is 4.14. The third-order valence-electron chi connectivity index (χ3n) is 14.6. The largest absolute Gasteiger partial charge is 0.364 e. The highest BCUT2D eigenvalue weighted by Crippen LogP contribution is 2.61. The van der Waals surface area contributed by atoms with Crippen LogP contribution < -0.4 is 14.7 Å². The first kappa shape index (κ1) is 42.5. The van der Waals surface area contributed by atoms with E-state index in [9.17, 15) is 0 Å². The fraction of sp³-hybridized carbons (Fsp3) is 0.250. The Balaban J connectivity index is 0.932. The molecule has 67 heavy (non-hydrogen) atoms. The second kappa shape index (κ2) is 14.0. The Morgan fingerprint density at radius 1 is 0.403 bits per heavy atom. The SMILES string of the molecule is CN1c2cc(-c3c(F)c(F)c(-c4cc5c(s4)-c4sc(-c6c(F)c(F)c(-c7cc8c(s7)-c7sccc7N(C)C8(C)C)c7nsnc67)cc4N(C)C5(C)C)c4nsnc34)sc2-c2sccc2C1(C)C. The van der Waals surface area contributed by atoms with E-state index in [1.54, 1.807) is 22.7 Å². The molecular weight excluding hydrogens is 1010 g/mol. The zero-order valence-electron chi connectivity index (χ0n) is 37.0. The van der Waals surface area contributed by atoms with Crippen molar-refractivity contribution in [1.29, 1.82) is 0 Å². The van der Waals surface area contributed by atoms with E-state index >= 15 is 17.6 Å². The summed E-state index contributed by atoms with van der Waals surface area (Å²) in [6.45, 7) is 12.7. The first-order valence-corrected chi connectivity index (χ1v) is 27.6. The standard InChI is InChI=1S/C48H35F4N7S8/c1-46(2)18-10-12-60-40(18)44-22(58(46)8)16-26(64-44)30-34(51)33(50)29(37-38(30)55-67-54-37)25-15-20-42(63-25)45-23(59(9)48(20,5)6)17-27(65-45)31-35(52)32(49)28(36-39(31)56-66-53-36)24-14-19-41(62-24)43-21(11-13-61-43)57(7)47(19,3)4/h10-17H,1-9H3. The van der Waals surface area contributed by atoms with Crippen LogP contribution in [0.25, 0.3) is 93.1 Å². The van der Waals surface area contributed by atoms with Gasteiger partial charge in [-0.25, -0.2) is 17.6 Å². The molecule has 8 aromatic heterocycles. The van der Waals surface area contributed by atoms with E-state index in [0.29, 0.717) is 41.6 Å². The highest BCUT2D eigenvalue weighted by atomic mass is 32.1. The van der Waals surface area contributed by atoms with Crippen LogP contribution in [0.4, 0.5) is 34.6 Å². The highest BCUT2D eigenvalue weighted by Gasteiger charge is 2.43. The number of anilines is 3. The van der Waals surface area contributed by atoms with E-state index in [0.717, 1.165) is 80.9 Å². The molecule has 3 aliphatic rings. The number of nitrogens with zero attached hydrogens (tertiary/aromatic N) is 7. The van der Waals surface area contributed by atoms with Crippen LogP contribution in [0.15, 0.2) is 47.2 Å². The molecule has 0 N–H and O–H groups in total. The van der Waals surface area contributed by atoms with Gasteiger partial charge < -0.3 is 14.7 Å². The van der Waals surface area contributed by atoms with Crippen molar-refractivity contribution in [2.45, 2.75) is 58.2 Å². The Morgan fingerprint density at radius 3 is 1.21 bits per heavy atom. The lowest BCUT2D eigenvalue weighted by molar-refractivity contribution is 0.512. The molecule has 0 radical (unpaired) electrons. The fourth-order valence-electron chi connectivity index (χ4n) is 10.0. The molecule has 0 amide bonds. The normalized spacial score (nSPS) is 16.4. The minimum absolute atomic E-state index is 0.0511.